The highest BCUT2D eigenvalue weighted by atomic mass is 32.1. The largest absolute Gasteiger partial charge is 0.508 e. The van der Waals surface area contributed by atoms with Crippen LogP contribution in [0.5, 0.6) is 5.75 Å². The minimum Gasteiger partial charge on any atom is -0.508 e. The number of amides is 3. The van der Waals surface area contributed by atoms with Gasteiger partial charge in [-0.05, 0) is 54.9 Å². The van der Waals surface area contributed by atoms with Gasteiger partial charge in [0, 0.05) is 26.3 Å². The Morgan fingerprint density at radius 3 is 2.47 bits per heavy atom. The number of carbonyl (C=O) groups excluding carboxylic acids is 3. The Morgan fingerprint density at radius 2 is 1.91 bits per heavy atom. The van der Waals surface area contributed by atoms with Gasteiger partial charge in [-0.25, -0.2) is 0 Å². The molecule has 0 spiro atoms. The number of nitrogens with zero attached hydrogens (tertiary/aromatic N) is 2. The Bertz CT molecular complexity index is 977. The van der Waals surface area contributed by atoms with E-state index in [4.69, 9.17) is 16.2 Å². The number of ether oxygens (including phenoxy) is 1. The van der Waals surface area contributed by atoms with Gasteiger partial charge in [0.25, 0.3) is 11.8 Å². The Morgan fingerprint density at radius 1 is 1.24 bits per heavy atom. The first-order valence-corrected chi connectivity index (χ1v) is 11.9. The van der Waals surface area contributed by atoms with E-state index in [0.29, 0.717) is 37.7 Å². The van der Waals surface area contributed by atoms with Crippen LogP contribution in [0.15, 0.2) is 24.3 Å². The molecule has 2 aromatic rings. The number of anilines is 1. The molecule has 3 amide bonds. The molecule has 34 heavy (non-hydrogen) atoms. The number of phenolic OH excluding ortho intramolecular Hbond substituents is 1. The number of phenols is 1. The SMILES string of the molecule is CCOCCCN(C(=O)c1snc(C(N)=O)c1N)C(C(=O)NCCC(C)C)c1ccc(O)cc1. The molecule has 0 saturated carbocycles. The lowest BCUT2D eigenvalue weighted by molar-refractivity contribution is -0.126. The summed E-state index contributed by atoms with van der Waals surface area (Å²) >= 11 is 0.763. The zero-order valence-electron chi connectivity index (χ0n) is 19.7. The predicted molar refractivity (Wildman–Crippen MR) is 131 cm³/mol. The van der Waals surface area contributed by atoms with Crippen LogP contribution in [0.3, 0.4) is 0 Å². The second-order valence-electron chi connectivity index (χ2n) is 8.15. The number of aromatic nitrogens is 1. The van der Waals surface area contributed by atoms with E-state index in [0.717, 1.165) is 18.0 Å². The Hall–Kier alpha value is -3.18. The third-order valence-corrected chi connectivity index (χ3v) is 5.95. The van der Waals surface area contributed by atoms with Gasteiger partial charge in [-0.2, -0.15) is 4.37 Å². The molecule has 0 saturated heterocycles. The Labute approximate surface area is 203 Å². The van der Waals surface area contributed by atoms with Crippen molar-refractivity contribution in [1.82, 2.24) is 14.6 Å². The van der Waals surface area contributed by atoms with Crippen LogP contribution in [0.4, 0.5) is 5.69 Å². The third-order valence-electron chi connectivity index (χ3n) is 5.10. The third kappa shape index (κ3) is 7.16. The number of hydrogen-bond donors (Lipinski definition) is 4. The van der Waals surface area contributed by atoms with Crippen molar-refractivity contribution in [2.24, 2.45) is 11.7 Å². The average molecular weight is 492 g/mol. The lowest BCUT2D eigenvalue weighted by Gasteiger charge is -2.31. The maximum absolute atomic E-state index is 13.6. The summed E-state index contributed by atoms with van der Waals surface area (Å²) in [5.74, 6) is -1.32. The van der Waals surface area contributed by atoms with E-state index in [1.54, 1.807) is 12.1 Å². The predicted octanol–water partition coefficient (Wildman–Crippen LogP) is 2.30. The quantitative estimate of drug-likeness (QED) is 0.313. The van der Waals surface area contributed by atoms with Crippen LogP contribution >= 0.6 is 11.5 Å². The van der Waals surface area contributed by atoms with Gasteiger partial charge in [0.15, 0.2) is 5.69 Å². The zero-order chi connectivity index (χ0) is 25.3. The highest BCUT2D eigenvalue weighted by Gasteiger charge is 2.34. The summed E-state index contributed by atoms with van der Waals surface area (Å²) in [7, 11) is 0. The van der Waals surface area contributed by atoms with Crippen molar-refractivity contribution >= 4 is 34.9 Å². The molecule has 1 unspecified atom stereocenters. The molecule has 1 heterocycles. The molecule has 10 nitrogen and oxygen atoms in total. The molecule has 6 N–H and O–H groups in total. The molecular formula is C23H33N5O5S. The van der Waals surface area contributed by atoms with Crippen molar-refractivity contribution in [3.8, 4) is 5.75 Å². The molecular weight excluding hydrogens is 458 g/mol. The Kier molecular flexibility index (Phi) is 10.3. The number of nitrogens with one attached hydrogen (secondary N) is 1. The van der Waals surface area contributed by atoms with Crippen LogP contribution in [0.1, 0.15) is 65.4 Å². The number of benzene rings is 1. The smallest absolute Gasteiger partial charge is 0.270 e. The van der Waals surface area contributed by atoms with E-state index in [1.807, 2.05) is 6.92 Å². The van der Waals surface area contributed by atoms with E-state index < -0.39 is 17.9 Å². The van der Waals surface area contributed by atoms with Gasteiger partial charge in [-0.1, -0.05) is 26.0 Å². The first kappa shape index (κ1) is 27.1. The van der Waals surface area contributed by atoms with E-state index >= 15 is 0 Å². The fraction of sp³-hybridized carbons (Fsp3) is 0.478. The topological polar surface area (TPSA) is 161 Å². The van der Waals surface area contributed by atoms with Crippen molar-refractivity contribution in [2.45, 2.75) is 39.7 Å². The number of rotatable bonds is 13. The first-order chi connectivity index (χ1) is 16.2. The summed E-state index contributed by atoms with van der Waals surface area (Å²) < 4.78 is 9.34. The maximum atomic E-state index is 13.6. The molecule has 1 atom stereocenters. The fourth-order valence-electron chi connectivity index (χ4n) is 3.30. The van der Waals surface area contributed by atoms with Gasteiger partial charge in [0.1, 0.15) is 16.7 Å². The normalized spacial score (nSPS) is 11.9. The summed E-state index contributed by atoms with van der Waals surface area (Å²) in [4.78, 5) is 40.0. The van der Waals surface area contributed by atoms with Gasteiger partial charge in [-0.3, -0.25) is 14.4 Å². The molecule has 2 rings (SSSR count). The molecule has 1 aromatic carbocycles. The highest BCUT2D eigenvalue weighted by molar-refractivity contribution is 7.09. The summed E-state index contributed by atoms with van der Waals surface area (Å²) in [5, 5.41) is 12.6. The van der Waals surface area contributed by atoms with Gasteiger partial charge in [-0.15, -0.1) is 0 Å². The van der Waals surface area contributed by atoms with Crippen molar-refractivity contribution in [3.05, 3.63) is 40.4 Å². The minimum atomic E-state index is -1.000. The lowest BCUT2D eigenvalue weighted by atomic mass is 10.0. The van der Waals surface area contributed by atoms with Crippen LogP contribution in [-0.2, 0) is 9.53 Å². The van der Waals surface area contributed by atoms with Crippen LogP contribution in [-0.4, -0.2) is 58.4 Å². The van der Waals surface area contributed by atoms with E-state index in [9.17, 15) is 19.5 Å². The van der Waals surface area contributed by atoms with Gasteiger partial charge in [0.05, 0.1) is 5.69 Å². The van der Waals surface area contributed by atoms with Crippen molar-refractivity contribution in [3.63, 3.8) is 0 Å². The van der Waals surface area contributed by atoms with Crippen LogP contribution in [0, 0.1) is 5.92 Å². The summed E-state index contributed by atoms with van der Waals surface area (Å²) in [6.07, 6.45) is 1.24. The van der Waals surface area contributed by atoms with E-state index in [2.05, 4.69) is 23.5 Å². The summed E-state index contributed by atoms with van der Waals surface area (Å²) in [6.45, 7) is 7.52. The minimum absolute atomic E-state index is 0.0315. The van der Waals surface area contributed by atoms with Gasteiger partial charge in [0.2, 0.25) is 5.91 Å². The molecule has 186 valence electrons. The molecule has 0 radical (unpaired) electrons. The van der Waals surface area contributed by atoms with Crippen molar-refractivity contribution in [2.75, 3.05) is 32.0 Å². The monoisotopic (exact) mass is 491 g/mol. The number of carbonyl (C=O) groups is 3. The zero-order valence-corrected chi connectivity index (χ0v) is 20.6. The molecule has 1 aromatic heterocycles. The first-order valence-electron chi connectivity index (χ1n) is 11.2. The fourth-order valence-corrected chi connectivity index (χ4v) is 4.06. The maximum Gasteiger partial charge on any atom is 0.270 e. The second-order valence-corrected chi connectivity index (χ2v) is 8.93. The number of hydrogen-bond acceptors (Lipinski definition) is 8. The van der Waals surface area contributed by atoms with Crippen molar-refractivity contribution < 1.29 is 24.2 Å². The van der Waals surface area contributed by atoms with Crippen LogP contribution in [0.25, 0.3) is 0 Å². The molecule has 0 aliphatic carbocycles. The number of primary amides is 1. The Balaban J connectivity index is 2.46. The number of nitrogen functional groups attached to an aromatic ring is 1. The van der Waals surface area contributed by atoms with Crippen molar-refractivity contribution in [1.29, 1.82) is 0 Å². The highest BCUT2D eigenvalue weighted by Crippen LogP contribution is 2.29. The average Bonchev–Trinajstić information content (AvgIpc) is 3.17. The van der Waals surface area contributed by atoms with E-state index in [-0.39, 0.29) is 34.5 Å². The van der Waals surface area contributed by atoms with Crippen LogP contribution < -0.4 is 16.8 Å². The number of nitrogens with two attached hydrogens (primary N) is 2. The van der Waals surface area contributed by atoms with Crippen LogP contribution in [0.2, 0.25) is 0 Å². The van der Waals surface area contributed by atoms with E-state index in [1.165, 1.54) is 17.0 Å². The van der Waals surface area contributed by atoms with Gasteiger partial charge >= 0.3 is 0 Å². The molecule has 11 heteroatoms. The molecule has 0 fully saturated rings. The molecule has 0 aliphatic heterocycles. The second kappa shape index (κ2) is 12.9. The summed E-state index contributed by atoms with van der Waals surface area (Å²) in [6, 6.07) is 5.10. The standard InChI is InChI=1S/C23H33N5O5S/c1-4-33-13-5-12-28(23(32)20-17(24)18(21(25)30)27-34-20)19(15-6-8-16(29)9-7-15)22(31)26-11-10-14(2)3/h6-9,14,19,29H,4-5,10-13,24H2,1-3H3,(H2,25,30)(H,26,31). The summed E-state index contributed by atoms with van der Waals surface area (Å²) in [5.41, 5.74) is 11.5. The molecule has 0 aliphatic rings. The molecule has 0 bridgehead atoms. The van der Waals surface area contributed by atoms with Gasteiger partial charge < -0.3 is 31.5 Å². The number of aromatic hydroxyl groups is 1. The lowest BCUT2D eigenvalue weighted by Crippen LogP contribution is -2.44.